The Kier molecular flexibility index (Phi) is 9.05. The minimum atomic E-state index is -0.556. The van der Waals surface area contributed by atoms with Gasteiger partial charge in [-0.25, -0.2) is 0 Å². The summed E-state index contributed by atoms with van der Waals surface area (Å²) in [4.78, 5) is 2.56. The molecule has 3 aliphatic rings. The predicted octanol–water partition coefficient (Wildman–Crippen LogP) is 18.0. The quantitative estimate of drug-likeness (QED) is 0.154. The van der Waals surface area contributed by atoms with E-state index in [1.165, 1.54) is 105 Å². The SMILES string of the molecule is CC1(C)c2cccc(-c3ccccc3N(c3ccc4c(c3)C(C)(c3ccccc3)c3ccccc3-4)c3ccc4c(c3)C(c3ccccc3)(c3ccccc3)c3ccccc3-4)c2-c2ccc3ccccc3c21. The minimum Gasteiger partial charge on any atom is -0.310 e. The van der Waals surface area contributed by atoms with Crippen molar-refractivity contribution in [2.75, 3.05) is 4.90 Å². The molecule has 0 heterocycles. The van der Waals surface area contributed by atoms with E-state index in [1.54, 1.807) is 0 Å². The van der Waals surface area contributed by atoms with Crippen LogP contribution in [0.15, 0.2) is 255 Å². The third-order valence-electron chi connectivity index (χ3n) is 16.6. The lowest BCUT2D eigenvalue weighted by molar-refractivity contribution is 0.666. The van der Waals surface area contributed by atoms with E-state index in [1.807, 2.05) is 0 Å². The van der Waals surface area contributed by atoms with Gasteiger partial charge in [-0.05, 0) is 137 Å². The summed E-state index contributed by atoms with van der Waals surface area (Å²) in [5, 5.41) is 2.61. The number of nitrogens with zero attached hydrogens (tertiary/aromatic N) is 1. The Morgan fingerprint density at radius 2 is 0.789 bits per heavy atom. The molecular weight excluding hydrogens is 855 g/mol. The van der Waals surface area contributed by atoms with Crippen LogP contribution in [0.5, 0.6) is 0 Å². The molecule has 3 aliphatic carbocycles. The number of anilines is 3. The van der Waals surface area contributed by atoms with Crippen molar-refractivity contribution < 1.29 is 0 Å². The lowest BCUT2D eigenvalue weighted by Gasteiger charge is -2.35. The molecule has 0 radical (unpaired) electrons. The molecule has 0 saturated heterocycles. The fourth-order valence-electron chi connectivity index (χ4n) is 13.5. The summed E-state index contributed by atoms with van der Waals surface area (Å²) in [6, 6.07) is 95.8. The van der Waals surface area contributed by atoms with Crippen LogP contribution >= 0.6 is 0 Å². The first-order valence-electron chi connectivity index (χ1n) is 25.1. The maximum atomic E-state index is 2.56. The van der Waals surface area contributed by atoms with E-state index in [2.05, 4.69) is 280 Å². The molecule has 0 aromatic heterocycles. The molecule has 11 aromatic carbocycles. The fraction of sp³-hybridized carbons (Fsp3) is 0.0857. The average molecular weight is 906 g/mol. The molecule has 0 aliphatic heterocycles. The van der Waals surface area contributed by atoms with E-state index < -0.39 is 5.41 Å². The van der Waals surface area contributed by atoms with Gasteiger partial charge in [0.25, 0.3) is 0 Å². The number of para-hydroxylation sites is 1. The molecule has 0 amide bonds. The zero-order valence-corrected chi connectivity index (χ0v) is 40.2. The van der Waals surface area contributed by atoms with Gasteiger partial charge in [0, 0.05) is 27.8 Å². The summed E-state index contributed by atoms with van der Waals surface area (Å²) in [6.45, 7) is 7.24. The molecule has 1 nitrogen and oxygen atoms in total. The molecule has 1 unspecified atom stereocenters. The summed E-state index contributed by atoms with van der Waals surface area (Å²) >= 11 is 0. The van der Waals surface area contributed by atoms with Crippen molar-refractivity contribution in [3.8, 4) is 44.5 Å². The largest absolute Gasteiger partial charge is 0.310 e. The summed E-state index contributed by atoms with van der Waals surface area (Å²) in [6.07, 6.45) is 0. The highest BCUT2D eigenvalue weighted by Crippen LogP contribution is 2.60. The molecule has 0 spiro atoms. The van der Waals surface area contributed by atoms with Crippen LogP contribution in [-0.2, 0) is 16.2 Å². The third kappa shape index (κ3) is 5.75. The van der Waals surface area contributed by atoms with Crippen molar-refractivity contribution in [2.45, 2.75) is 37.0 Å². The topological polar surface area (TPSA) is 3.24 Å². The minimum absolute atomic E-state index is 0.194. The molecule has 1 heteroatoms. The molecule has 14 rings (SSSR count). The molecule has 336 valence electrons. The van der Waals surface area contributed by atoms with Crippen molar-refractivity contribution in [2.24, 2.45) is 0 Å². The smallest absolute Gasteiger partial charge is 0.0714 e. The van der Waals surface area contributed by atoms with E-state index in [-0.39, 0.29) is 10.8 Å². The number of benzene rings is 11. The second kappa shape index (κ2) is 15.5. The number of hydrogen-bond acceptors (Lipinski definition) is 1. The molecule has 0 saturated carbocycles. The van der Waals surface area contributed by atoms with Crippen LogP contribution in [-0.4, -0.2) is 0 Å². The van der Waals surface area contributed by atoms with Crippen LogP contribution in [0.2, 0.25) is 0 Å². The Morgan fingerprint density at radius 1 is 0.310 bits per heavy atom. The molecule has 11 aromatic rings. The van der Waals surface area contributed by atoms with Crippen molar-refractivity contribution in [3.05, 3.63) is 305 Å². The normalized spacial score (nSPS) is 16.1. The van der Waals surface area contributed by atoms with Gasteiger partial charge in [0.1, 0.15) is 0 Å². The van der Waals surface area contributed by atoms with Crippen molar-refractivity contribution in [3.63, 3.8) is 0 Å². The van der Waals surface area contributed by atoms with Crippen molar-refractivity contribution in [1.29, 1.82) is 0 Å². The zero-order chi connectivity index (χ0) is 47.5. The highest BCUT2D eigenvalue weighted by Gasteiger charge is 2.47. The van der Waals surface area contributed by atoms with Gasteiger partial charge in [-0.15, -0.1) is 0 Å². The van der Waals surface area contributed by atoms with Gasteiger partial charge < -0.3 is 4.90 Å². The molecule has 71 heavy (non-hydrogen) atoms. The van der Waals surface area contributed by atoms with Crippen LogP contribution in [0.3, 0.4) is 0 Å². The number of hydrogen-bond donors (Lipinski definition) is 0. The predicted molar refractivity (Wildman–Crippen MR) is 296 cm³/mol. The van der Waals surface area contributed by atoms with E-state index in [4.69, 9.17) is 0 Å². The van der Waals surface area contributed by atoms with Gasteiger partial charge in [0.2, 0.25) is 0 Å². The van der Waals surface area contributed by atoms with E-state index >= 15 is 0 Å². The summed E-state index contributed by atoms with van der Waals surface area (Å²) in [5.41, 5.74) is 24.2. The first kappa shape index (κ1) is 41.5. The third-order valence-corrected chi connectivity index (χ3v) is 16.6. The first-order chi connectivity index (χ1) is 34.9. The Balaban J connectivity index is 1.06. The van der Waals surface area contributed by atoms with Gasteiger partial charge in [-0.3, -0.25) is 0 Å². The highest BCUT2D eigenvalue weighted by atomic mass is 15.1. The van der Waals surface area contributed by atoms with Crippen LogP contribution < -0.4 is 4.90 Å². The first-order valence-corrected chi connectivity index (χ1v) is 25.1. The van der Waals surface area contributed by atoms with Gasteiger partial charge in [0.05, 0.1) is 11.1 Å². The Hall–Kier alpha value is -8.52. The number of rotatable bonds is 7. The molecular formula is C70H51N. The van der Waals surface area contributed by atoms with Crippen LogP contribution in [0.1, 0.15) is 70.8 Å². The van der Waals surface area contributed by atoms with Crippen LogP contribution in [0.4, 0.5) is 17.1 Å². The highest BCUT2D eigenvalue weighted by molar-refractivity contribution is 6.04. The Labute approximate surface area is 417 Å². The summed E-state index contributed by atoms with van der Waals surface area (Å²) in [5.74, 6) is 0. The maximum Gasteiger partial charge on any atom is 0.0714 e. The van der Waals surface area contributed by atoms with E-state index in [0.717, 1.165) is 17.1 Å². The molecule has 0 fully saturated rings. The van der Waals surface area contributed by atoms with Crippen LogP contribution in [0, 0.1) is 0 Å². The lowest BCUT2D eigenvalue weighted by atomic mass is 9.67. The van der Waals surface area contributed by atoms with Gasteiger partial charge in [0.15, 0.2) is 0 Å². The zero-order valence-electron chi connectivity index (χ0n) is 40.2. The number of fused-ring (bicyclic) bond motifs is 11. The van der Waals surface area contributed by atoms with Gasteiger partial charge in [-0.1, -0.05) is 238 Å². The monoisotopic (exact) mass is 905 g/mol. The van der Waals surface area contributed by atoms with Gasteiger partial charge >= 0.3 is 0 Å². The van der Waals surface area contributed by atoms with Crippen molar-refractivity contribution in [1.82, 2.24) is 0 Å². The summed E-state index contributed by atoms with van der Waals surface area (Å²) < 4.78 is 0. The standard InChI is InChI=1S/C70H51N/c1-68(2)62-36-21-33-58(66(62)59-41-38-46-22-13-14-29-52(46)67(59)68)57-32-17-20-37-65(57)71(50-39-42-55-53-30-15-18-34-60(53)69(3,63(55)44-50)47-23-7-4-8-24-47)51-40-43-56-54-31-16-19-35-61(54)70(64(56)45-51,48-25-9-5-10-26-48)49-27-11-6-12-28-49/h4-45H,1-3H3. The fourth-order valence-corrected chi connectivity index (χ4v) is 13.5. The average Bonchev–Trinajstić information content (AvgIpc) is 3.98. The van der Waals surface area contributed by atoms with Crippen molar-refractivity contribution >= 4 is 27.8 Å². The Morgan fingerprint density at radius 3 is 1.48 bits per heavy atom. The second-order valence-electron chi connectivity index (χ2n) is 20.4. The second-order valence-corrected chi connectivity index (χ2v) is 20.4. The maximum absolute atomic E-state index is 2.56. The van der Waals surface area contributed by atoms with E-state index in [9.17, 15) is 0 Å². The molecule has 1 atom stereocenters. The Bertz CT molecular complexity index is 3880. The molecule has 0 N–H and O–H groups in total. The summed E-state index contributed by atoms with van der Waals surface area (Å²) in [7, 11) is 0. The van der Waals surface area contributed by atoms with Crippen LogP contribution in [0.25, 0.3) is 55.3 Å². The van der Waals surface area contributed by atoms with Gasteiger partial charge in [-0.2, -0.15) is 0 Å². The lowest BCUT2D eigenvalue weighted by Crippen LogP contribution is -2.28. The van der Waals surface area contributed by atoms with E-state index in [0.29, 0.717) is 0 Å². The molecule has 0 bridgehead atoms.